The molecule has 114 valence electrons. The Balaban J connectivity index is 1.69. The first kappa shape index (κ1) is 15.4. The number of para-hydroxylation sites is 1. The summed E-state index contributed by atoms with van der Waals surface area (Å²) in [5.41, 5.74) is 8.26. The Kier molecular flexibility index (Phi) is 6.13. The van der Waals surface area contributed by atoms with E-state index in [4.69, 9.17) is 5.73 Å². The number of aliphatic imine (C=N–C) groups is 1. The zero-order chi connectivity index (χ0) is 14.9. The average Bonchev–Trinajstić information content (AvgIpc) is 2.89. The largest absolute Gasteiger partial charge is 0.370 e. The van der Waals surface area contributed by atoms with Crippen molar-refractivity contribution >= 4 is 16.9 Å². The number of aromatic nitrogens is 1. The average molecular weight is 286 g/mol. The maximum atomic E-state index is 5.86. The molecule has 1 heterocycles. The molecule has 0 radical (unpaired) electrons. The van der Waals surface area contributed by atoms with Gasteiger partial charge in [-0.2, -0.15) is 0 Å². The van der Waals surface area contributed by atoms with Crippen LogP contribution in [0.25, 0.3) is 10.9 Å². The monoisotopic (exact) mass is 286 g/mol. The van der Waals surface area contributed by atoms with Gasteiger partial charge in [-0.3, -0.25) is 4.99 Å². The summed E-state index contributed by atoms with van der Waals surface area (Å²) in [5.74, 6) is 0.558. The second kappa shape index (κ2) is 8.35. The molecule has 0 atom stereocenters. The fourth-order valence-corrected chi connectivity index (χ4v) is 2.39. The number of H-pyrrole nitrogens is 1. The first-order chi connectivity index (χ1) is 10.3. The molecule has 0 aliphatic heterocycles. The number of benzene rings is 1. The van der Waals surface area contributed by atoms with Gasteiger partial charge in [0.2, 0.25) is 0 Å². The van der Waals surface area contributed by atoms with E-state index in [0.717, 1.165) is 25.9 Å². The van der Waals surface area contributed by atoms with Gasteiger partial charge in [-0.05, 0) is 23.9 Å². The van der Waals surface area contributed by atoms with Gasteiger partial charge in [0.15, 0.2) is 5.96 Å². The Labute approximate surface area is 126 Å². The van der Waals surface area contributed by atoms with Crippen LogP contribution in [0.4, 0.5) is 0 Å². The van der Waals surface area contributed by atoms with Gasteiger partial charge in [-0.1, -0.05) is 44.4 Å². The van der Waals surface area contributed by atoms with E-state index in [2.05, 4.69) is 46.5 Å². The number of rotatable bonds is 8. The van der Waals surface area contributed by atoms with Crippen molar-refractivity contribution in [2.75, 3.05) is 13.1 Å². The van der Waals surface area contributed by atoms with Crippen molar-refractivity contribution in [1.29, 1.82) is 0 Å². The molecule has 0 bridgehead atoms. The van der Waals surface area contributed by atoms with Gasteiger partial charge < -0.3 is 16.0 Å². The molecule has 4 heteroatoms. The molecule has 4 nitrogen and oxygen atoms in total. The van der Waals surface area contributed by atoms with Gasteiger partial charge in [0.1, 0.15) is 0 Å². The van der Waals surface area contributed by atoms with Gasteiger partial charge in [0.25, 0.3) is 0 Å². The standard InChI is InChI=1S/C17H26N4/c1-2-3-4-7-11-19-17(18)20-12-10-15-13-14-8-5-6-9-16(14)21-15/h5-6,8-9,13,21H,2-4,7,10-12H2,1H3,(H3,18,19,20). The first-order valence-electron chi connectivity index (χ1n) is 7.90. The van der Waals surface area contributed by atoms with Gasteiger partial charge in [0, 0.05) is 30.7 Å². The smallest absolute Gasteiger partial charge is 0.188 e. The molecule has 0 unspecified atom stereocenters. The molecule has 0 saturated carbocycles. The van der Waals surface area contributed by atoms with Crippen molar-refractivity contribution < 1.29 is 0 Å². The lowest BCUT2D eigenvalue weighted by atomic mass is 10.2. The lowest BCUT2D eigenvalue weighted by molar-refractivity contribution is 0.673. The third kappa shape index (κ3) is 5.14. The van der Waals surface area contributed by atoms with E-state index >= 15 is 0 Å². The van der Waals surface area contributed by atoms with Crippen LogP contribution in [0, 0.1) is 0 Å². The molecular formula is C17H26N4. The number of unbranched alkanes of at least 4 members (excludes halogenated alkanes) is 3. The van der Waals surface area contributed by atoms with Crippen molar-refractivity contribution in [2.24, 2.45) is 10.7 Å². The predicted octanol–water partition coefficient (Wildman–Crippen LogP) is 3.20. The zero-order valence-corrected chi connectivity index (χ0v) is 12.9. The van der Waals surface area contributed by atoms with E-state index < -0.39 is 0 Å². The second-order valence-electron chi connectivity index (χ2n) is 5.39. The number of fused-ring (bicyclic) bond motifs is 1. The van der Waals surface area contributed by atoms with Crippen LogP contribution in [-0.2, 0) is 6.42 Å². The molecule has 0 saturated heterocycles. The zero-order valence-electron chi connectivity index (χ0n) is 12.9. The summed E-state index contributed by atoms with van der Waals surface area (Å²) < 4.78 is 0. The maximum Gasteiger partial charge on any atom is 0.188 e. The molecule has 0 aliphatic carbocycles. The SMILES string of the molecule is CCCCCCN=C(N)NCCc1cc2ccccc2[nH]1. The molecule has 2 rings (SSSR count). The third-order valence-electron chi connectivity index (χ3n) is 3.58. The van der Waals surface area contributed by atoms with Crippen molar-refractivity contribution in [3.05, 3.63) is 36.0 Å². The highest BCUT2D eigenvalue weighted by molar-refractivity contribution is 5.80. The summed E-state index contributed by atoms with van der Waals surface area (Å²) >= 11 is 0. The second-order valence-corrected chi connectivity index (χ2v) is 5.39. The topological polar surface area (TPSA) is 66.2 Å². The Bertz CT molecular complexity index is 538. The van der Waals surface area contributed by atoms with E-state index in [0.29, 0.717) is 5.96 Å². The Morgan fingerprint density at radius 1 is 1.24 bits per heavy atom. The summed E-state index contributed by atoms with van der Waals surface area (Å²) in [4.78, 5) is 7.76. The number of aromatic amines is 1. The highest BCUT2D eigenvalue weighted by atomic mass is 15.1. The molecule has 0 spiro atoms. The minimum Gasteiger partial charge on any atom is -0.370 e. The van der Waals surface area contributed by atoms with Gasteiger partial charge in [0.05, 0.1) is 0 Å². The van der Waals surface area contributed by atoms with Crippen LogP contribution in [-0.4, -0.2) is 24.0 Å². The number of nitrogens with one attached hydrogen (secondary N) is 2. The van der Waals surface area contributed by atoms with E-state index in [-0.39, 0.29) is 0 Å². The number of guanidine groups is 1. The van der Waals surface area contributed by atoms with Crippen LogP contribution >= 0.6 is 0 Å². The minimum absolute atomic E-state index is 0.558. The normalized spacial score (nSPS) is 12.0. The number of nitrogens with two attached hydrogens (primary N) is 1. The predicted molar refractivity (Wildman–Crippen MR) is 90.6 cm³/mol. The number of hydrogen-bond donors (Lipinski definition) is 3. The van der Waals surface area contributed by atoms with Crippen LogP contribution in [0.1, 0.15) is 38.3 Å². The summed E-state index contributed by atoms with van der Waals surface area (Å²) in [6.45, 7) is 3.84. The molecule has 0 fully saturated rings. The van der Waals surface area contributed by atoms with Gasteiger partial charge in [-0.25, -0.2) is 0 Å². The molecule has 0 aliphatic rings. The van der Waals surface area contributed by atoms with Gasteiger partial charge in [-0.15, -0.1) is 0 Å². The van der Waals surface area contributed by atoms with Crippen molar-refractivity contribution in [3.8, 4) is 0 Å². The summed E-state index contributed by atoms with van der Waals surface area (Å²) in [6, 6.07) is 10.5. The Hall–Kier alpha value is -1.97. The van der Waals surface area contributed by atoms with Crippen LogP contribution in [0.3, 0.4) is 0 Å². The first-order valence-corrected chi connectivity index (χ1v) is 7.90. The van der Waals surface area contributed by atoms with Gasteiger partial charge >= 0.3 is 0 Å². The Morgan fingerprint density at radius 3 is 2.90 bits per heavy atom. The summed E-state index contributed by atoms with van der Waals surface area (Å²) in [6.07, 6.45) is 5.81. The van der Waals surface area contributed by atoms with Crippen LogP contribution in [0.5, 0.6) is 0 Å². The molecular weight excluding hydrogens is 260 g/mol. The fourth-order valence-electron chi connectivity index (χ4n) is 2.39. The van der Waals surface area contributed by atoms with E-state index in [1.54, 1.807) is 0 Å². The lowest BCUT2D eigenvalue weighted by Gasteiger charge is -2.04. The Morgan fingerprint density at radius 2 is 2.10 bits per heavy atom. The maximum absolute atomic E-state index is 5.86. The molecule has 4 N–H and O–H groups in total. The minimum atomic E-state index is 0.558. The van der Waals surface area contributed by atoms with Crippen molar-refractivity contribution in [2.45, 2.75) is 39.0 Å². The molecule has 1 aromatic heterocycles. The summed E-state index contributed by atoms with van der Waals surface area (Å²) in [7, 11) is 0. The van der Waals surface area contributed by atoms with Crippen LogP contribution in [0.15, 0.2) is 35.3 Å². The van der Waals surface area contributed by atoms with E-state index in [1.807, 2.05) is 6.07 Å². The van der Waals surface area contributed by atoms with E-state index in [9.17, 15) is 0 Å². The number of nitrogens with zero attached hydrogens (tertiary/aromatic N) is 1. The highest BCUT2D eigenvalue weighted by Gasteiger charge is 2.00. The third-order valence-corrected chi connectivity index (χ3v) is 3.58. The highest BCUT2D eigenvalue weighted by Crippen LogP contribution is 2.14. The quantitative estimate of drug-likeness (QED) is 0.396. The molecule has 21 heavy (non-hydrogen) atoms. The molecule has 0 amide bonds. The van der Waals surface area contributed by atoms with Crippen molar-refractivity contribution in [3.63, 3.8) is 0 Å². The summed E-state index contributed by atoms with van der Waals surface area (Å²) in [5, 5.41) is 4.43. The van der Waals surface area contributed by atoms with E-state index in [1.165, 1.54) is 35.9 Å². The van der Waals surface area contributed by atoms with Crippen molar-refractivity contribution in [1.82, 2.24) is 10.3 Å². The lowest BCUT2D eigenvalue weighted by Crippen LogP contribution is -2.33. The van der Waals surface area contributed by atoms with Crippen LogP contribution in [0.2, 0.25) is 0 Å². The fraction of sp³-hybridized carbons (Fsp3) is 0.471. The molecule has 1 aromatic carbocycles. The number of hydrogen-bond acceptors (Lipinski definition) is 1. The van der Waals surface area contributed by atoms with Crippen LogP contribution < -0.4 is 11.1 Å². The molecule has 2 aromatic rings.